The fourth-order valence-corrected chi connectivity index (χ4v) is 3.98. The van der Waals surface area contributed by atoms with Crippen molar-refractivity contribution in [2.45, 2.75) is 18.5 Å². The van der Waals surface area contributed by atoms with Gasteiger partial charge in [0, 0.05) is 14.6 Å². The molecule has 0 spiro atoms. The van der Waals surface area contributed by atoms with E-state index in [2.05, 4.69) is 0 Å². The molecule has 1 radical (unpaired) electrons. The van der Waals surface area contributed by atoms with Crippen molar-refractivity contribution in [2.24, 2.45) is 0 Å². The van der Waals surface area contributed by atoms with Gasteiger partial charge in [0.15, 0.2) is 0 Å². The van der Waals surface area contributed by atoms with Gasteiger partial charge in [-0.3, -0.25) is 14.4 Å². The van der Waals surface area contributed by atoms with Gasteiger partial charge in [-0.05, 0) is 52.6 Å². The predicted octanol–water partition coefficient (Wildman–Crippen LogP) is 4.74. The molecule has 0 atom stereocenters. The van der Waals surface area contributed by atoms with Crippen LogP contribution in [0.3, 0.4) is 0 Å². The van der Waals surface area contributed by atoms with Crippen LogP contribution in [0.1, 0.15) is 14.6 Å². The average Bonchev–Trinajstić information content (AvgIpc) is 3.66. The summed E-state index contributed by atoms with van der Waals surface area (Å²) >= 11 is 2.95. The number of alkyl halides is 9. The van der Waals surface area contributed by atoms with Crippen molar-refractivity contribution in [1.82, 2.24) is 0 Å². The molecule has 0 aromatic carbocycles. The minimum atomic E-state index is -4.98. The third-order valence-electron chi connectivity index (χ3n) is 3.92. The normalized spacial score (nSPS) is 12.6. The van der Waals surface area contributed by atoms with Gasteiger partial charge >= 0.3 is 58.9 Å². The Bertz CT molecular complexity index is 1230. The second-order valence-corrected chi connectivity index (χ2v) is 9.89. The molecule has 0 N–H and O–H groups in total. The predicted molar refractivity (Wildman–Crippen MR) is 130 cm³/mol. The van der Waals surface area contributed by atoms with Gasteiger partial charge < -0.3 is 15.3 Å². The maximum Gasteiger partial charge on any atom is 3.00 e. The average molecular weight is 814 g/mol. The summed E-state index contributed by atoms with van der Waals surface area (Å²) in [5.74, 6) is -9.13. The Balaban J connectivity index is 0.000000608. The summed E-state index contributed by atoms with van der Waals surface area (Å²) in [6, 6.07) is 8.62. The van der Waals surface area contributed by atoms with Crippen molar-refractivity contribution in [3.8, 4) is 0 Å². The minimum Gasteiger partial charge on any atom is -0.871 e. The van der Waals surface area contributed by atoms with Gasteiger partial charge in [0.1, 0.15) is 0 Å². The zero-order valence-electron chi connectivity index (χ0n) is 20.4. The number of ketones is 3. The molecule has 0 unspecified atom stereocenters. The third kappa shape index (κ3) is 15.1. The van der Waals surface area contributed by atoms with E-state index in [1.165, 1.54) is 36.4 Å². The van der Waals surface area contributed by atoms with Crippen LogP contribution in [0, 0.1) is 40.4 Å². The molecular weight excluding hydrogens is 802 g/mol. The maximum absolute atomic E-state index is 11.7. The monoisotopic (exact) mass is 815 g/mol. The second kappa shape index (κ2) is 17.7. The summed E-state index contributed by atoms with van der Waals surface area (Å²) in [6.07, 6.45) is -14.8. The molecule has 6 nitrogen and oxygen atoms in total. The molecule has 231 valence electrons. The van der Waals surface area contributed by atoms with Crippen LogP contribution in [0.4, 0.5) is 39.5 Å². The van der Waals surface area contributed by atoms with Crippen LogP contribution in [-0.2, 0) is 14.4 Å². The van der Waals surface area contributed by atoms with E-state index in [0.29, 0.717) is 0 Å². The molecule has 3 aromatic rings. The molecule has 0 aliphatic carbocycles. The molecule has 3 aromatic heterocycles. The van der Waals surface area contributed by atoms with E-state index in [-0.39, 0.29) is 73.2 Å². The van der Waals surface area contributed by atoms with Gasteiger partial charge in [-0.15, -0.1) is 34.0 Å². The summed E-state index contributed by atoms with van der Waals surface area (Å²) in [4.78, 5) is 31.5. The van der Waals surface area contributed by atoms with Gasteiger partial charge in [0.2, 0.25) is 0 Å². The van der Waals surface area contributed by atoms with E-state index in [1.54, 1.807) is 16.1 Å². The molecule has 3 rings (SSSR count). The number of allylic oxidation sites excluding steroid dienone is 3. The first kappa shape index (κ1) is 40.4. The van der Waals surface area contributed by atoms with Crippen LogP contribution in [0.2, 0.25) is 0 Å². The first-order valence-electron chi connectivity index (χ1n) is 10.3. The Labute approximate surface area is 280 Å². The molecular formula is C24H12F9O6S3Sm. The molecule has 3 heterocycles. The van der Waals surface area contributed by atoms with Crippen molar-refractivity contribution >= 4 is 68.6 Å². The van der Waals surface area contributed by atoms with E-state index in [9.17, 15) is 69.2 Å². The Morgan fingerprint density at radius 2 is 0.721 bits per heavy atom. The van der Waals surface area contributed by atoms with Crippen LogP contribution in [-0.4, -0.2) is 35.9 Å². The Hall–Kier alpha value is -2.56. The summed E-state index contributed by atoms with van der Waals surface area (Å²) in [5, 5.41) is 37.6. The second-order valence-electron chi connectivity index (χ2n) is 7.04. The first-order chi connectivity index (χ1) is 19.2. The van der Waals surface area contributed by atoms with Crippen molar-refractivity contribution in [3.05, 3.63) is 85.4 Å². The number of halogens is 9. The largest absolute Gasteiger partial charge is 3.00 e. The van der Waals surface area contributed by atoms with Crippen molar-refractivity contribution in [1.29, 1.82) is 0 Å². The smallest absolute Gasteiger partial charge is 0.871 e. The van der Waals surface area contributed by atoms with Crippen LogP contribution in [0.5, 0.6) is 0 Å². The summed E-state index contributed by atoms with van der Waals surface area (Å²) in [7, 11) is 0. The van der Waals surface area contributed by atoms with Crippen LogP contribution in [0.15, 0.2) is 70.8 Å². The SMILES string of the molecule is O=C(/C=C(/[O-])c1cccs1)C(F)(F)F.O=C(/C=C(\[O-])c1cccs1)C(F)(F)F.O=C(/C=C(\[O-])c1cccs1)C(F)(F)F.[Sm+3]. The minimum absolute atomic E-state index is 0. The summed E-state index contributed by atoms with van der Waals surface area (Å²) in [6.45, 7) is 0. The number of hydrogen-bond donors (Lipinski definition) is 0. The van der Waals surface area contributed by atoms with Gasteiger partial charge in [0.25, 0.3) is 17.3 Å². The molecule has 43 heavy (non-hydrogen) atoms. The van der Waals surface area contributed by atoms with Crippen LogP contribution >= 0.6 is 34.0 Å². The van der Waals surface area contributed by atoms with Gasteiger partial charge in [-0.25, -0.2) is 0 Å². The topological polar surface area (TPSA) is 120 Å². The van der Waals surface area contributed by atoms with Crippen molar-refractivity contribution < 1.29 is 110 Å². The van der Waals surface area contributed by atoms with E-state index in [1.807, 2.05) is 0 Å². The third-order valence-corrected chi connectivity index (χ3v) is 6.57. The molecule has 0 bridgehead atoms. The van der Waals surface area contributed by atoms with E-state index in [4.69, 9.17) is 0 Å². The summed E-state index contributed by atoms with van der Waals surface area (Å²) in [5.41, 5.74) is 0. The number of carbonyl (C=O) groups excluding carboxylic acids is 3. The Kier molecular flexibility index (Phi) is 16.6. The van der Waals surface area contributed by atoms with E-state index < -0.39 is 53.2 Å². The fraction of sp³-hybridized carbons (Fsp3) is 0.125. The maximum atomic E-state index is 11.7. The number of carbonyl (C=O) groups is 3. The quantitative estimate of drug-likeness (QED) is 0.202. The van der Waals surface area contributed by atoms with Crippen LogP contribution in [0.25, 0.3) is 17.3 Å². The van der Waals surface area contributed by atoms with Crippen LogP contribution < -0.4 is 15.3 Å². The number of rotatable bonds is 6. The first-order valence-corrected chi connectivity index (χ1v) is 13.0. The molecule has 0 amide bonds. The van der Waals surface area contributed by atoms with E-state index in [0.717, 1.165) is 34.0 Å². The Morgan fingerprint density at radius 3 is 0.860 bits per heavy atom. The van der Waals surface area contributed by atoms with Gasteiger partial charge in [-0.2, -0.15) is 39.5 Å². The molecule has 0 aliphatic heterocycles. The number of hydrogen-bond acceptors (Lipinski definition) is 9. The standard InChI is InChI=1S/3C8H5F3O2S.Sm/c3*9-8(10,11)7(13)4-5(12)6-2-1-3-14-6;/h3*1-4,12H;/q;;;+3/p-3/b5-4+;2*5-4-;. The molecule has 0 saturated heterocycles. The molecule has 19 heteroatoms. The van der Waals surface area contributed by atoms with Gasteiger partial charge in [-0.1, -0.05) is 35.5 Å². The molecule has 0 saturated carbocycles. The van der Waals surface area contributed by atoms with Crippen molar-refractivity contribution in [2.75, 3.05) is 0 Å². The number of thiophene rings is 3. The molecule has 0 aliphatic rings. The molecule has 0 fully saturated rings. The van der Waals surface area contributed by atoms with Crippen molar-refractivity contribution in [3.63, 3.8) is 0 Å². The zero-order valence-corrected chi connectivity index (χ0v) is 25.5. The van der Waals surface area contributed by atoms with E-state index >= 15 is 0 Å². The van der Waals surface area contributed by atoms with Gasteiger partial charge in [0.05, 0.1) is 0 Å². The zero-order chi connectivity index (χ0) is 32.3. The Morgan fingerprint density at radius 1 is 0.512 bits per heavy atom. The fourth-order valence-electron chi connectivity index (χ4n) is 2.07. The summed E-state index contributed by atoms with van der Waals surface area (Å²) < 4.78 is 105.